The first-order valence-electron chi connectivity index (χ1n) is 8.07. The molecule has 2 rings (SSSR count). The Morgan fingerprint density at radius 1 is 1.00 bits per heavy atom. The summed E-state index contributed by atoms with van der Waals surface area (Å²) in [5.41, 5.74) is 5.52. The van der Waals surface area contributed by atoms with Crippen LogP contribution in [0.15, 0.2) is 48.5 Å². The molecule has 26 heavy (non-hydrogen) atoms. The van der Waals surface area contributed by atoms with Crippen LogP contribution in [0.25, 0.3) is 0 Å². The van der Waals surface area contributed by atoms with Gasteiger partial charge in [-0.1, -0.05) is 18.2 Å². The standard InChI is InChI=1S/C19H22N2O5/c1-13-6-4-5-7-17(13)25-12-18(22)20-21-19(23)14(2)26-16-10-8-15(24-3)9-11-16/h4-11,14H,12H2,1-3H3,(H,20,22)(H,21,23). The van der Waals surface area contributed by atoms with E-state index in [1.54, 1.807) is 44.4 Å². The van der Waals surface area contributed by atoms with Gasteiger partial charge < -0.3 is 14.2 Å². The summed E-state index contributed by atoms with van der Waals surface area (Å²) < 4.78 is 16.0. The number of carbonyl (C=O) groups excluding carboxylic acids is 2. The Morgan fingerprint density at radius 3 is 2.31 bits per heavy atom. The average Bonchev–Trinajstić information content (AvgIpc) is 2.66. The van der Waals surface area contributed by atoms with Crippen LogP contribution in [0.4, 0.5) is 0 Å². The molecule has 0 saturated carbocycles. The summed E-state index contributed by atoms with van der Waals surface area (Å²) >= 11 is 0. The largest absolute Gasteiger partial charge is 0.497 e. The first-order valence-corrected chi connectivity index (χ1v) is 8.07. The maximum Gasteiger partial charge on any atom is 0.279 e. The molecule has 1 unspecified atom stereocenters. The number of aryl methyl sites for hydroxylation is 1. The third-order valence-corrected chi connectivity index (χ3v) is 3.52. The normalized spacial score (nSPS) is 11.2. The van der Waals surface area contributed by atoms with Crippen molar-refractivity contribution in [3.8, 4) is 17.2 Å². The molecule has 2 aromatic carbocycles. The topological polar surface area (TPSA) is 85.9 Å². The highest BCUT2D eigenvalue weighted by Crippen LogP contribution is 2.18. The van der Waals surface area contributed by atoms with Crippen molar-refractivity contribution in [3.63, 3.8) is 0 Å². The van der Waals surface area contributed by atoms with Crippen molar-refractivity contribution in [1.82, 2.24) is 10.9 Å². The summed E-state index contributed by atoms with van der Waals surface area (Å²) in [6.07, 6.45) is -0.791. The number of hydrazine groups is 1. The van der Waals surface area contributed by atoms with E-state index in [1.807, 2.05) is 25.1 Å². The Balaban J connectivity index is 1.74. The molecular formula is C19H22N2O5. The second-order valence-electron chi connectivity index (χ2n) is 5.53. The molecule has 138 valence electrons. The molecule has 0 bridgehead atoms. The van der Waals surface area contributed by atoms with Crippen molar-refractivity contribution in [2.24, 2.45) is 0 Å². The molecule has 2 aromatic rings. The molecule has 0 fully saturated rings. The average molecular weight is 358 g/mol. The Labute approximate surface area is 152 Å². The molecule has 0 heterocycles. The SMILES string of the molecule is COc1ccc(OC(C)C(=O)NNC(=O)COc2ccccc2C)cc1. The number of methoxy groups -OCH3 is 1. The third kappa shape index (κ3) is 5.70. The summed E-state index contributed by atoms with van der Waals surface area (Å²) in [5, 5.41) is 0. The van der Waals surface area contributed by atoms with Gasteiger partial charge in [-0.25, -0.2) is 0 Å². The zero-order chi connectivity index (χ0) is 18.9. The van der Waals surface area contributed by atoms with Gasteiger partial charge in [0.1, 0.15) is 17.2 Å². The van der Waals surface area contributed by atoms with Crippen molar-refractivity contribution in [2.45, 2.75) is 20.0 Å². The molecule has 7 heteroatoms. The van der Waals surface area contributed by atoms with Gasteiger partial charge in [0.2, 0.25) is 0 Å². The van der Waals surface area contributed by atoms with E-state index in [-0.39, 0.29) is 6.61 Å². The lowest BCUT2D eigenvalue weighted by atomic mass is 10.2. The van der Waals surface area contributed by atoms with Crippen LogP contribution in [0.5, 0.6) is 17.2 Å². The maximum absolute atomic E-state index is 12.0. The van der Waals surface area contributed by atoms with Gasteiger partial charge in [-0.3, -0.25) is 20.4 Å². The van der Waals surface area contributed by atoms with E-state index in [0.29, 0.717) is 17.2 Å². The summed E-state index contributed by atoms with van der Waals surface area (Å²) in [6.45, 7) is 3.25. The molecular weight excluding hydrogens is 336 g/mol. The lowest BCUT2D eigenvalue weighted by Crippen LogP contribution is -2.48. The Kier molecular flexibility index (Phi) is 6.84. The quantitative estimate of drug-likeness (QED) is 0.740. The van der Waals surface area contributed by atoms with Gasteiger partial charge in [0.05, 0.1) is 7.11 Å². The minimum absolute atomic E-state index is 0.209. The zero-order valence-electron chi connectivity index (χ0n) is 14.9. The Bertz CT molecular complexity index is 746. The van der Waals surface area contributed by atoms with Gasteiger partial charge >= 0.3 is 0 Å². The van der Waals surface area contributed by atoms with Gasteiger partial charge in [0.15, 0.2) is 12.7 Å². The van der Waals surface area contributed by atoms with Crippen molar-refractivity contribution < 1.29 is 23.8 Å². The molecule has 2 N–H and O–H groups in total. The molecule has 1 atom stereocenters. The van der Waals surface area contributed by atoms with Crippen LogP contribution in [-0.4, -0.2) is 31.6 Å². The van der Waals surface area contributed by atoms with E-state index in [9.17, 15) is 9.59 Å². The lowest BCUT2D eigenvalue weighted by Gasteiger charge is -2.15. The van der Waals surface area contributed by atoms with E-state index in [4.69, 9.17) is 14.2 Å². The van der Waals surface area contributed by atoms with Crippen molar-refractivity contribution >= 4 is 11.8 Å². The molecule has 0 radical (unpaired) electrons. The van der Waals surface area contributed by atoms with E-state index in [1.165, 1.54) is 0 Å². The van der Waals surface area contributed by atoms with Gasteiger partial charge in [-0.05, 0) is 49.7 Å². The van der Waals surface area contributed by atoms with Crippen molar-refractivity contribution in [2.75, 3.05) is 13.7 Å². The Morgan fingerprint density at radius 2 is 1.65 bits per heavy atom. The number of para-hydroxylation sites is 1. The number of hydrogen-bond acceptors (Lipinski definition) is 5. The maximum atomic E-state index is 12.0. The van der Waals surface area contributed by atoms with E-state index in [0.717, 1.165) is 5.56 Å². The zero-order valence-corrected chi connectivity index (χ0v) is 14.9. The lowest BCUT2D eigenvalue weighted by molar-refractivity contribution is -0.133. The number of benzene rings is 2. The first-order chi connectivity index (χ1) is 12.5. The van der Waals surface area contributed by atoms with Crippen LogP contribution in [0.2, 0.25) is 0 Å². The molecule has 2 amide bonds. The predicted molar refractivity (Wildman–Crippen MR) is 96.0 cm³/mol. The molecule has 0 aliphatic rings. The van der Waals surface area contributed by atoms with Crippen LogP contribution in [0, 0.1) is 6.92 Å². The fourth-order valence-electron chi connectivity index (χ4n) is 2.04. The number of rotatable bonds is 7. The summed E-state index contributed by atoms with van der Waals surface area (Å²) in [4.78, 5) is 23.8. The molecule has 0 saturated heterocycles. The van der Waals surface area contributed by atoms with Gasteiger partial charge in [-0.2, -0.15) is 0 Å². The summed E-state index contributed by atoms with van der Waals surface area (Å²) in [5.74, 6) is 0.867. The van der Waals surface area contributed by atoms with E-state index < -0.39 is 17.9 Å². The van der Waals surface area contributed by atoms with Crippen LogP contribution in [0.1, 0.15) is 12.5 Å². The van der Waals surface area contributed by atoms with Crippen LogP contribution >= 0.6 is 0 Å². The first kappa shape index (κ1) is 19.1. The van der Waals surface area contributed by atoms with Gasteiger partial charge in [-0.15, -0.1) is 0 Å². The van der Waals surface area contributed by atoms with Crippen LogP contribution < -0.4 is 25.1 Å². The molecule has 0 spiro atoms. The number of nitrogens with one attached hydrogen (secondary N) is 2. The highest BCUT2D eigenvalue weighted by molar-refractivity contribution is 5.85. The second kappa shape index (κ2) is 9.31. The monoisotopic (exact) mass is 358 g/mol. The fraction of sp³-hybridized carbons (Fsp3) is 0.263. The molecule has 7 nitrogen and oxygen atoms in total. The molecule has 0 aliphatic carbocycles. The number of hydrogen-bond donors (Lipinski definition) is 2. The number of carbonyl (C=O) groups is 2. The molecule has 0 aliphatic heterocycles. The minimum Gasteiger partial charge on any atom is -0.497 e. The number of ether oxygens (including phenoxy) is 3. The fourth-order valence-corrected chi connectivity index (χ4v) is 2.04. The highest BCUT2D eigenvalue weighted by atomic mass is 16.5. The van der Waals surface area contributed by atoms with Crippen molar-refractivity contribution in [3.05, 3.63) is 54.1 Å². The highest BCUT2D eigenvalue weighted by Gasteiger charge is 2.15. The molecule has 0 aromatic heterocycles. The van der Waals surface area contributed by atoms with Crippen LogP contribution in [0.3, 0.4) is 0 Å². The van der Waals surface area contributed by atoms with Crippen LogP contribution in [-0.2, 0) is 9.59 Å². The predicted octanol–water partition coefficient (Wildman–Crippen LogP) is 2.00. The second-order valence-corrected chi connectivity index (χ2v) is 5.53. The smallest absolute Gasteiger partial charge is 0.279 e. The van der Waals surface area contributed by atoms with E-state index in [2.05, 4.69) is 10.9 Å². The summed E-state index contributed by atoms with van der Waals surface area (Å²) in [6, 6.07) is 14.2. The number of amides is 2. The minimum atomic E-state index is -0.791. The third-order valence-electron chi connectivity index (χ3n) is 3.52. The summed E-state index contributed by atoms with van der Waals surface area (Å²) in [7, 11) is 1.57. The van der Waals surface area contributed by atoms with Gasteiger partial charge in [0, 0.05) is 0 Å². The Hall–Kier alpha value is -3.22. The van der Waals surface area contributed by atoms with Gasteiger partial charge in [0.25, 0.3) is 11.8 Å². The van der Waals surface area contributed by atoms with E-state index >= 15 is 0 Å². The van der Waals surface area contributed by atoms with Crippen molar-refractivity contribution in [1.29, 1.82) is 0 Å².